The van der Waals surface area contributed by atoms with Crippen LogP contribution in [0.25, 0.3) is 0 Å². The molecule has 0 radical (unpaired) electrons. The lowest BCUT2D eigenvalue weighted by molar-refractivity contribution is -0.150. The summed E-state index contributed by atoms with van der Waals surface area (Å²) in [5.41, 5.74) is 1.16. The number of aryl methyl sites for hydroxylation is 1. The molecule has 0 spiro atoms. The van der Waals surface area contributed by atoms with Crippen LogP contribution < -0.4 is 15.4 Å². The van der Waals surface area contributed by atoms with Gasteiger partial charge in [0.25, 0.3) is 0 Å². The SMILES string of the molecule is CCOC(=O)C1=C(COC(=O)C(C)Oc2ccc(Cl)cc2C)NC(=O)NC1C. The highest BCUT2D eigenvalue weighted by Crippen LogP contribution is 2.23. The quantitative estimate of drug-likeness (QED) is 0.669. The van der Waals surface area contributed by atoms with Crippen LogP contribution in [0.3, 0.4) is 0 Å². The van der Waals surface area contributed by atoms with Crippen molar-refractivity contribution in [1.29, 1.82) is 0 Å². The highest BCUT2D eigenvalue weighted by Gasteiger charge is 2.30. The summed E-state index contributed by atoms with van der Waals surface area (Å²) in [6, 6.07) is 3.97. The third-order valence-corrected chi connectivity index (χ3v) is 4.23. The summed E-state index contributed by atoms with van der Waals surface area (Å²) >= 11 is 5.91. The molecular formula is C19H23ClN2O6. The average molecular weight is 411 g/mol. The van der Waals surface area contributed by atoms with Crippen molar-refractivity contribution < 1.29 is 28.6 Å². The molecule has 0 fully saturated rings. The lowest BCUT2D eigenvalue weighted by atomic mass is 10.0. The fourth-order valence-electron chi connectivity index (χ4n) is 2.64. The first-order valence-electron chi connectivity index (χ1n) is 8.80. The second-order valence-corrected chi connectivity index (χ2v) is 6.65. The number of benzene rings is 1. The van der Waals surface area contributed by atoms with Crippen molar-refractivity contribution in [2.45, 2.75) is 39.8 Å². The number of nitrogens with one attached hydrogen (secondary N) is 2. The molecule has 8 nitrogen and oxygen atoms in total. The molecule has 1 aromatic carbocycles. The maximum absolute atomic E-state index is 12.3. The van der Waals surface area contributed by atoms with E-state index in [1.165, 1.54) is 0 Å². The zero-order valence-corrected chi connectivity index (χ0v) is 16.9. The van der Waals surface area contributed by atoms with Gasteiger partial charge < -0.3 is 24.8 Å². The van der Waals surface area contributed by atoms with E-state index in [-0.39, 0.29) is 24.5 Å². The molecule has 0 saturated carbocycles. The van der Waals surface area contributed by atoms with Crippen LogP contribution in [0.4, 0.5) is 4.79 Å². The normalized spacial score (nSPS) is 17.3. The van der Waals surface area contributed by atoms with Crippen LogP contribution in [0.5, 0.6) is 5.75 Å². The van der Waals surface area contributed by atoms with Crippen molar-refractivity contribution >= 4 is 29.6 Å². The van der Waals surface area contributed by atoms with E-state index < -0.39 is 30.1 Å². The first-order chi connectivity index (χ1) is 13.2. The molecule has 2 unspecified atom stereocenters. The van der Waals surface area contributed by atoms with Gasteiger partial charge in [-0.25, -0.2) is 14.4 Å². The van der Waals surface area contributed by atoms with Gasteiger partial charge in [-0.3, -0.25) is 0 Å². The number of esters is 2. The number of ether oxygens (including phenoxy) is 3. The van der Waals surface area contributed by atoms with E-state index in [1.54, 1.807) is 39.0 Å². The second-order valence-electron chi connectivity index (χ2n) is 6.21. The van der Waals surface area contributed by atoms with Crippen molar-refractivity contribution in [3.8, 4) is 5.75 Å². The molecule has 28 heavy (non-hydrogen) atoms. The minimum Gasteiger partial charge on any atom is -0.479 e. The smallest absolute Gasteiger partial charge is 0.347 e. The van der Waals surface area contributed by atoms with Crippen LogP contribution in [-0.2, 0) is 19.1 Å². The van der Waals surface area contributed by atoms with Gasteiger partial charge in [-0.2, -0.15) is 0 Å². The number of carbonyl (C=O) groups is 3. The van der Waals surface area contributed by atoms with E-state index >= 15 is 0 Å². The Morgan fingerprint density at radius 3 is 2.64 bits per heavy atom. The fourth-order valence-corrected chi connectivity index (χ4v) is 2.86. The van der Waals surface area contributed by atoms with Gasteiger partial charge in [0.1, 0.15) is 12.4 Å². The molecule has 1 aromatic rings. The van der Waals surface area contributed by atoms with Crippen molar-refractivity contribution in [3.05, 3.63) is 40.1 Å². The molecule has 1 aliphatic rings. The predicted molar refractivity (Wildman–Crippen MR) is 102 cm³/mol. The highest BCUT2D eigenvalue weighted by atomic mass is 35.5. The van der Waals surface area contributed by atoms with Gasteiger partial charge in [-0.15, -0.1) is 0 Å². The molecule has 9 heteroatoms. The monoisotopic (exact) mass is 410 g/mol. The minimum absolute atomic E-state index is 0.179. The van der Waals surface area contributed by atoms with E-state index in [2.05, 4.69) is 10.6 Å². The van der Waals surface area contributed by atoms with Gasteiger partial charge in [0.15, 0.2) is 6.10 Å². The van der Waals surface area contributed by atoms with Gasteiger partial charge in [-0.1, -0.05) is 11.6 Å². The molecule has 2 rings (SSSR count). The van der Waals surface area contributed by atoms with Crippen LogP contribution in [0.1, 0.15) is 26.3 Å². The maximum atomic E-state index is 12.3. The Labute approximate surface area is 168 Å². The Morgan fingerprint density at radius 1 is 1.29 bits per heavy atom. The first kappa shape index (κ1) is 21.6. The molecule has 0 aliphatic carbocycles. The van der Waals surface area contributed by atoms with Crippen molar-refractivity contribution in [2.24, 2.45) is 0 Å². The Bertz CT molecular complexity index is 808. The topological polar surface area (TPSA) is 103 Å². The predicted octanol–water partition coefficient (Wildman–Crippen LogP) is 2.48. The third-order valence-electron chi connectivity index (χ3n) is 4.00. The second kappa shape index (κ2) is 9.45. The Kier molecular flexibility index (Phi) is 7.28. The fraction of sp³-hybridized carbons (Fsp3) is 0.421. The highest BCUT2D eigenvalue weighted by molar-refractivity contribution is 6.30. The number of hydrogen-bond donors (Lipinski definition) is 2. The Balaban J connectivity index is 2.06. The molecule has 1 heterocycles. The molecule has 2 atom stereocenters. The summed E-state index contributed by atoms with van der Waals surface area (Å²) in [6.07, 6.45) is -0.902. The zero-order chi connectivity index (χ0) is 20.8. The molecule has 0 saturated heterocycles. The number of halogens is 1. The van der Waals surface area contributed by atoms with Crippen molar-refractivity contribution in [3.63, 3.8) is 0 Å². The number of rotatable bonds is 7. The molecular weight excluding hydrogens is 388 g/mol. The average Bonchev–Trinajstić information content (AvgIpc) is 2.61. The maximum Gasteiger partial charge on any atom is 0.347 e. The van der Waals surface area contributed by atoms with Gasteiger partial charge in [0, 0.05) is 5.02 Å². The van der Waals surface area contributed by atoms with Crippen LogP contribution in [0.2, 0.25) is 5.02 Å². The number of hydrogen-bond acceptors (Lipinski definition) is 6. The summed E-state index contributed by atoms with van der Waals surface area (Å²) in [5.74, 6) is -0.732. The summed E-state index contributed by atoms with van der Waals surface area (Å²) < 4.78 is 15.9. The molecule has 2 N–H and O–H groups in total. The largest absolute Gasteiger partial charge is 0.479 e. The minimum atomic E-state index is -0.902. The number of carbonyl (C=O) groups excluding carboxylic acids is 3. The summed E-state index contributed by atoms with van der Waals surface area (Å²) in [7, 11) is 0. The lowest BCUT2D eigenvalue weighted by Crippen LogP contribution is -2.50. The van der Waals surface area contributed by atoms with Gasteiger partial charge in [0.05, 0.1) is 23.9 Å². The molecule has 2 amide bonds. The lowest BCUT2D eigenvalue weighted by Gasteiger charge is -2.26. The van der Waals surface area contributed by atoms with Crippen molar-refractivity contribution in [2.75, 3.05) is 13.2 Å². The molecule has 0 aromatic heterocycles. The van der Waals surface area contributed by atoms with Crippen LogP contribution in [0.15, 0.2) is 29.5 Å². The van der Waals surface area contributed by atoms with E-state index in [0.29, 0.717) is 10.8 Å². The molecule has 0 bridgehead atoms. The van der Waals surface area contributed by atoms with Crippen LogP contribution in [0, 0.1) is 6.92 Å². The van der Waals surface area contributed by atoms with E-state index in [9.17, 15) is 14.4 Å². The van der Waals surface area contributed by atoms with E-state index in [0.717, 1.165) is 5.56 Å². The summed E-state index contributed by atoms with van der Waals surface area (Å²) in [6.45, 7) is 6.55. The Morgan fingerprint density at radius 2 is 2.00 bits per heavy atom. The van der Waals surface area contributed by atoms with Gasteiger partial charge in [0.2, 0.25) is 0 Å². The standard InChI is InChI=1S/C19H23ClN2O6/c1-5-26-18(24)16-11(3)21-19(25)22-14(16)9-27-17(23)12(4)28-15-7-6-13(20)8-10(15)2/h6-8,11-12H,5,9H2,1-4H3,(H2,21,22,25). The Hall–Kier alpha value is -2.74. The molecule has 1 aliphatic heterocycles. The zero-order valence-electron chi connectivity index (χ0n) is 16.1. The van der Waals surface area contributed by atoms with Crippen LogP contribution in [-0.4, -0.2) is 43.3 Å². The van der Waals surface area contributed by atoms with Crippen LogP contribution >= 0.6 is 11.6 Å². The van der Waals surface area contributed by atoms with E-state index in [4.69, 9.17) is 25.8 Å². The van der Waals surface area contributed by atoms with Gasteiger partial charge in [-0.05, 0) is 51.5 Å². The third kappa shape index (κ3) is 5.39. The summed E-state index contributed by atoms with van der Waals surface area (Å²) in [5, 5.41) is 5.62. The number of amides is 2. The number of urea groups is 1. The van der Waals surface area contributed by atoms with Gasteiger partial charge >= 0.3 is 18.0 Å². The first-order valence-corrected chi connectivity index (χ1v) is 9.17. The summed E-state index contributed by atoms with van der Waals surface area (Å²) in [4.78, 5) is 36.2. The van der Waals surface area contributed by atoms with Crippen molar-refractivity contribution in [1.82, 2.24) is 10.6 Å². The molecule has 152 valence electrons. The van der Waals surface area contributed by atoms with E-state index in [1.807, 2.05) is 6.92 Å².